The van der Waals surface area contributed by atoms with E-state index in [1.54, 1.807) is 11.0 Å². The summed E-state index contributed by atoms with van der Waals surface area (Å²) in [4.78, 5) is 17.9. The van der Waals surface area contributed by atoms with Crippen LogP contribution in [0.3, 0.4) is 0 Å². The standard InChI is InChI=1S/C16H22N6O/c1-12(16-18-11-19-21(16)2)20-14-5-3-4-13(8-14)9-22-7-6-17-15(23)10-22/h3-5,8,11-12,20H,6-7,9-10H2,1-2H3,(H,17,23). The van der Waals surface area contributed by atoms with Gasteiger partial charge in [0.25, 0.3) is 0 Å². The maximum absolute atomic E-state index is 11.5. The SMILES string of the molecule is CC(Nc1cccc(CN2CCNC(=O)C2)c1)c1ncnn1C. The van der Waals surface area contributed by atoms with E-state index in [1.165, 1.54) is 5.56 Å². The first-order valence-electron chi connectivity index (χ1n) is 7.80. The predicted octanol–water partition coefficient (Wildman–Crippen LogP) is 0.920. The molecule has 1 atom stereocenters. The van der Waals surface area contributed by atoms with E-state index in [-0.39, 0.29) is 11.9 Å². The third-order valence-corrected chi connectivity index (χ3v) is 3.97. The summed E-state index contributed by atoms with van der Waals surface area (Å²) in [5.74, 6) is 0.990. The Morgan fingerprint density at radius 2 is 2.30 bits per heavy atom. The first kappa shape index (κ1) is 15.5. The van der Waals surface area contributed by atoms with Gasteiger partial charge in [-0.05, 0) is 24.6 Å². The Hall–Kier alpha value is -2.41. The molecule has 2 heterocycles. The van der Waals surface area contributed by atoms with Crippen LogP contribution in [0.15, 0.2) is 30.6 Å². The second-order valence-electron chi connectivity index (χ2n) is 5.87. The number of anilines is 1. The van der Waals surface area contributed by atoms with Gasteiger partial charge in [0.05, 0.1) is 12.6 Å². The van der Waals surface area contributed by atoms with E-state index in [2.05, 4.69) is 44.7 Å². The number of rotatable bonds is 5. The zero-order valence-corrected chi connectivity index (χ0v) is 13.5. The number of amides is 1. The van der Waals surface area contributed by atoms with Gasteiger partial charge in [-0.1, -0.05) is 12.1 Å². The van der Waals surface area contributed by atoms with Crippen molar-refractivity contribution in [3.63, 3.8) is 0 Å². The Morgan fingerprint density at radius 1 is 1.43 bits per heavy atom. The smallest absolute Gasteiger partial charge is 0.234 e. The lowest BCUT2D eigenvalue weighted by atomic mass is 10.1. The predicted molar refractivity (Wildman–Crippen MR) is 87.8 cm³/mol. The maximum atomic E-state index is 11.5. The molecule has 23 heavy (non-hydrogen) atoms. The van der Waals surface area contributed by atoms with Crippen LogP contribution in [-0.4, -0.2) is 45.2 Å². The molecule has 0 aliphatic carbocycles. The largest absolute Gasteiger partial charge is 0.375 e. The molecule has 7 heteroatoms. The van der Waals surface area contributed by atoms with E-state index in [0.717, 1.165) is 31.1 Å². The lowest BCUT2D eigenvalue weighted by Gasteiger charge is -2.26. The number of carbonyl (C=O) groups is 1. The highest BCUT2D eigenvalue weighted by Crippen LogP contribution is 2.19. The Labute approximate surface area is 135 Å². The van der Waals surface area contributed by atoms with Crippen LogP contribution in [0.4, 0.5) is 5.69 Å². The van der Waals surface area contributed by atoms with Crippen LogP contribution in [0.1, 0.15) is 24.4 Å². The summed E-state index contributed by atoms with van der Waals surface area (Å²) < 4.78 is 1.77. The fourth-order valence-electron chi connectivity index (χ4n) is 2.86. The molecule has 1 unspecified atom stereocenters. The van der Waals surface area contributed by atoms with Gasteiger partial charge in [0.1, 0.15) is 12.2 Å². The average Bonchev–Trinajstić information content (AvgIpc) is 2.94. The second-order valence-corrected chi connectivity index (χ2v) is 5.87. The molecule has 0 radical (unpaired) electrons. The summed E-state index contributed by atoms with van der Waals surface area (Å²) in [6.07, 6.45) is 1.56. The first-order valence-corrected chi connectivity index (χ1v) is 7.80. The lowest BCUT2D eigenvalue weighted by molar-refractivity contribution is -0.124. The Morgan fingerprint density at radius 3 is 3.04 bits per heavy atom. The fraction of sp³-hybridized carbons (Fsp3) is 0.438. The fourth-order valence-corrected chi connectivity index (χ4v) is 2.86. The van der Waals surface area contributed by atoms with E-state index in [0.29, 0.717) is 6.54 Å². The topological polar surface area (TPSA) is 75.1 Å². The quantitative estimate of drug-likeness (QED) is 0.858. The first-order chi connectivity index (χ1) is 11.1. The van der Waals surface area contributed by atoms with Crippen LogP contribution in [0.2, 0.25) is 0 Å². The van der Waals surface area contributed by atoms with Crippen molar-refractivity contribution in [2.75, 3.05) is 25.0 Å². The molecule has 3 rings (SSSR count). The molecule has 1 aliphatic rings. The van der Waals surface area contributed by atoms with Crippen LogP contribution < -0.4 is 10.6 Å². The number of hydrogen-bond acceptors (Lipinski definition) is 5. The number of aromatic nitrogens is 3. The van der Waals surface area contributed by atoms with E-state index in [1.807, 2.05) is 19.2 Å². The number of benzene rings is 1. The molecule has 0 saturated carbocycles. The second kappa shape index (κ2) is 6.78. The third kappa shape index (κ3) is 3.87. The van der Waals surface area contributed by atoms with E-state index in [4.69, 9.17) is 0 Å². The number of hydrogen-bond donors (Lipinski definition) is 2. The molecule has 7 nitrogen and oxygen atoms in total. The normalized spacial score (nSPS) is 16.9. The van der Waals surface area contributed by atoms with Crippen molar-refractivity contribution in [2.24, 2.45) is 7.05 Å². The number of aryl methyl sites for hydroxylation is 1. The van der Waals surface area contributed by atoms with Crippen LogP contribution in [-0.2, 0) is 18.4 Å². The Kier molecular flexibility index (Phi) is 4.57. The van der Waals surface area contributed by atoms with Crippen LogP contribution in [0.25, 0.3) is 0 Å². The van der Waals surface area contributed by atoms with Crippen LogP contribution in [0, 0.1) is 0 Å². The lowest BCUT2D eigenvalue weighted by Crippen LogP contribution is -2.47. The van der Waals surface area contributed by atoms with Gasteiger partial charge in [-0.25, -0.2) is 4.98 Å². The molecular weight excluding hydrogens is 292 g/mol. The van der Waals surface area contributed by atoms with Gasteiger partial charge in [0, 0.05) is 32.4 Å². The summed E-state index contributed by atoms with van der Waals surface area (Å²) >= 11 is 0. The van der Waals surface area contributed by atoms with Gasteiger partial charge in [-0.15, -0.1) is 0 Å². The molecule has 0 bridgehead atoms. The summed E-state index contributed by atoms with van der Waals surface area (Å²) in [5, 5.41) is 10.4. The van der Waals surface area contributed by atoms with Gasteiger partial charge in [0.2, 0.25) is 5.91 Å². The van der Waals surface area contributed by atoms with Gasteiger partial charge in [0.15, 0.2) is 0 Å². The summed E-state index contributed by atoms with van der Waals surface area (Å²) in [6.45, 7) is 4.92. The highest BCUT2D eigenvalue weighted by atomic mass is 16.2. The molecule has 1 amide bonds. The molecule has 1 aromatic carbocycles. The zero-order chi connectivity index (χ0) is 16.2. The number of nitrogens with one attached hydrogen (secondary N) is 2. The van der Waals surface area contributed by atoms with Gasteiger partial charge >= 0.3 is 0 Å². The monoisotopic (exact) mass is 314 g/mol. The maximum Gasteiger partial charge on any atom is 0.234 e. The molecule has 0 spiro atoms. The molecule has 1 aromatic heterocycles. The average molecular weight is 314 g/mol. The zero-order valence-electron chi connectivity index (χ0n) is 13.5. The minimum Gasteiger partial charge on any atom is -0.375 e. The molecular formula is C16H22N6O. The van der Waals surface area contributed by atoms with E-state index in [9.17, 15) is 4.79 Å². The van der Waals surface area contributed by atoms with Gasteiger partial charge < -0.3 is 10.6 Å². The van der Waals surface area contributed by atoms with Gasteiger partial charge in [-0.2, -0.15) is 5.10 Å². The van der Waals surface area contributed by atoms with E-state index >= 15 is 0 Å². The Balaban J connectivity index is 1.65. The number of piperazine rings is 1. The van der Waals surface area contributed by atoms with Crippen molar-refractivity contribution >= 4 is 11.6 Å². The van der Waals surface area contributed by atoms with Gasteiger partial charge in [-0.3, -0.25) is 14.4 Å². The molecule has 122 valence electrons. The number of nitrogens with zero attached hydrogens (tertiary/aromatic N) is 4. The van der Waals surface area contributed by atoms with Crippen molar-refractivity contribution in [2.45, 2.75) is 19.5 Å². The summed E-state index contributed by atoms with van der Waals surface area (Å²) in [6, 6.07) is 8.35. The highest BCUT2D eigenvalue weighted by Gasteiger charge is 2.16. The summed E-state index contributed by atoms with van der Waals surface area (Å²) in [7, 11) is 1.89. The minimum absolute atomic E-state index is 0.0681. The Bertz CT molecular complexity index is 683. The van der Waals surface area contributed by atoms with Crippen molar-refractivity contribution < 1.29 is 4.79 Å². The molecule has 1 fully saturated rings. The van der Waals surface area contributed by atoms with Crippen molar-refractivity contribution in [1.82, 2.24) is 25.0 Å². The van der Waals surface area contributed by atoms with Crippen molar-refractivity contribution in [1.29, 1.82) is 0 Å². The van der Waals surface area contributed by atoms with Crippen molar-refractivity contribution in [3.8, 4) is 0 Å². The molecule has 2 N–H and O–H groups in total. The molecule has 2 aromatic rings. The number of carbonyl (C=O) groups excluding carboxylic acids is 1. The van der Waals surface area contributed by atoms with Crippen LogP contribution in [0.5, 0.6) is 0 Å². The minimum atomic E-state index is 0.0681. The van der Waals surface area contributed by atoms with Crippen molar-refractivity contribution in [3.05, 3.63) is 42.0 Å². The molecule has 1 aliphatic heterocycles. The van der Waals surface area contributed by atoms with Crippen LogP contribution >= 0.6 is 0 Å². The third-order valence-electron chi connectivity index (χ3n) is 3.97. The van der Waals surface area contributed by atoms with E-state index < -0.39 is 0 Å². The highest BCUT2D eigenvalue weighted by molar-refractivity contribution is 5.78. The molecule has 1 saturated heterocycles. The summed E-state index contributed by atoms with van der Waals surface area (Å²) in [5.41, 5.74) is 2.23.